The third-order valence-electron chi connectivity index (χ3n) is 5.94. The predicted molar refractivity (Wildman–Crippen MR) is 116 cm³/mol. The highest BCUT2D eigenvalue weighted by Gasteiger charge is 2.34. The molecule has 2 aliphatic rings. The minimum absolute atomic E-state index is 0.405. The van der Waals surface area contributed by atoms with Crippen molar-refractivity contribution in [3.8, 4) is 0 Å². The molecule has 0 saturated carbocycles. The van der Waals surface area contributed by atoms with Crippen molar-refractivity contribution in [2.24, 2.45) is 0 Å². The Hall–Kier alpha value is -1.13. The number of nitrogens with one attached hydrogen (secondary N) is 1. The largest absolute Gasteiger partial charge is 0.397 e. The van der Waals surface area contributed by atoms with Crippen molar-refractivity contribution in [1.29, 1.82) is 0 Å². The molecule has 2 aromatic rings. The summed E-state index contributed by atoms with van der Waals surface area (Å²) >= 11 is 18.6. The molecule has 3 N–H and O–H groups in total. The minimum atomic E-state index is 0.405. The van der Waals surface area contributed by atoms with Gasteiger partial charge < -0.3 is 11.1 Å². The summed E-state index contributed by atoms with van der Waals surface area (Å²) in [6.45, 7) is 2.18. The minimum Gasteiger partial charge on any atom is -0.397 e. The van der Waals surface area contributed by atoms with Gasteiger partial charge in [-0.3, -0.25) is 4.90 Å². The van der Waals surface area contributed by atoms with Gasteiger partial charge in [-0.1, -0.05) is 53.0 Å². The van der Waals surface area contributed by atoms with E-state index < -0.39 is 0 Å². The molecule has 0 unspecified atom stereocenters. The van der Waals surface area contributed by atoms with Crippen LogP contribution in [0.1, 0.15) is 37.2 Å². The van der Waals surface area contributed by atoms with E-state index in [0.29, 0.717) is 33.7 Å². The molecule has 27 heavy (non-hydrogen) atoms. The van der Waals surface area contributed by atoms with E-state index in [0.717, 1.165) is 36.6 Å². The molecule has 2 aliphatic heterocycles. The lowest BCUT2D eigenvalue weighted by molar-refractivity contribution is 0.0902. The molecule has 0 bridgehead atoms. The van der Waals surface area contributed by atoms with Crippen molar-refractivity contribution in [3.05, 3.63) is 57.0 Å². The smallest absolute Gasteiger partial charge is 0.0614 e. The van der Waals surface area contributed by atoms with Gasteiger partial charge in [-0.15, -0.1) is 0 Å². The number of hydrogen-bond acceptors (Lipinski definition) is 3. The lowest BCUT2D eigenvalue weighted by Gasteiger charge is -2.45. The Kier molecular flexibility index (Phi) is 5.75. The number of anilines is 2. The lowest BCUT2D eigenvalue weighted by atomic mass is 9.82. The predicted octanol–water partition coefficient (Wildman–Crippen LogP) is 6.05. The van der Waals surface area contributed by atoms with Crippen molar-refractivity contribution in [2.45, 2.75) is 43.7 Å². The number of halogens is 3. The van der Waals surface area contributed by atoms with E-state index >= 15 is 0 Å². The Morgan fingerprint density at radius 2 is 1.74 bits per heavy atom. The van der Waals surface area contributed by atoms with Crippen molar-refractivity contribution >= 4 is 46.2 Å². The van der Waals surface area contributed by atoms with Crippen molar-refractivity contribution in [1.82, 2.24) is 4.90 Å². The molecular formula is C21H24Cl3N3. The zero-order valence-corrected chi connectivity index (χ0v) is 17.4. The van der Waals surface area contributed by atoms with E-state index in [4.69, 9.17) is 40.5 Å². The van der Waals surface area contributed by atoms with Crippen LogP contribution in [0.25, 0.3) is 0 Å². The van der Waals surface area contributed by atoms with E-state index in [2.05, 4.69) is 22.3 Å². The summed E-state index contributed by atoms with van der Waals surface area (Å²) in [5.74, 6) is 0.533. The zero-order valence-electron chi connectivity index (χ0n) is 15.1. The summed E-state index contributed by atoms with van der Waals surface area (Å²) in [7, 11) is 0. The average molecular weight is 425 g/mol. The van der Waals surface area contributed by atoms with Crippen LogP contribution in [-0.2, 0) is 0 Å². The Labute approximate surface area is 175 Å². The van der Waals surface area contributed by atoms with Gasteiger partial charge in [0, 0.05) is 30.2 Å². The highest BCUT2D eigenvalue weighted by Crippen LogP contribution is 2.38. The first-order valence-corrected chi connectivity index (χ1v) is 10.6. The summed E-state index contributed by atoms with van der Waals surface area (Å²) in [6, 6.07) is 12.8. The Morgan fingerprint density at radius 1 is 0.963 bits per heavy atom. The van der Waals surface area contributed by atoms with Crippen molar-refractivity contribution < 1.29 is 0 Å². The average Bonchev–Trinajstić information content (AvgIpc) is 2.66. The molecule has 2 aromatic carbocycles. The van der Waals surface area contributed by atoms with Gasteiger partial charge in [0.1, 0.15) is 0 Å². The molecule has 144 valence electrons. The Bertz CT molecular complexity index is 826. The second-order valence-corrected chi connectivity index (χ2v) is 8.89. The molecule has 3 nitrogen and oxygen atoms in total. The van der Waals surface area contributed by atoms with E-state index in [1.807, 2.05) is 18.2 Å². The molecule has 0 aliphatic carbocycles. The molecule has 0 aromatic heterocycles. The van der Waals surface area contributed by atoms with E-state index in [-0.39, 0.29) is 0 Å². The van der Waals surface area contributed by atoms with Gasteiger partial charge in [-0.05, 0) is 55.4 Å². The van der Waals surface area contributed by atoms with Crippen LogP contribution in [0.5, 0.6) is 0 Å². The number of nitrogens with two attached hydrogens (primary N) is 1. The SMILES string of the molecule is Nc1cc(Cl)c(Cl)cc1N[C@H]1CCN2C[C@H](c3ccccc3Cl)CC[C@H]2C1. The van der Waals surface area contributed by atoms with Gasteiger partial charge in [0.15, 0.2) is 0 Å². The third kappa shape index (κ3) is 4.17. The van der Waals surface area contributed by atoms with E-state index in [1.165, 1.54) is 18.4 Å². The standard InChI is InChI=1S/C21H24Cl3N3/c22-17-4-2-1-3-16(17)13-5-6-15-9-14(7-8-27(15)12-13)26-21-11-19(24)18(23)10-20(21)25/h1-4,10-11,13-15,26H,5-9,12,25H2/t13-,14+,15+/m1/s1. The Morgan fingerprint density at radius 3 is 2.56 bits per heavy atom. The number of rotatable bonds is 3. The molecule has 0 radical (unpaired) electrons. The van der Waals surface area contributed by atoms with E-state index in [1.54, 1.807) is 6.07 Å². The van der Waals surface area contributed by atoms with Gasteiger partial charge in [0.05, 0.1) is 21.4 Å². The first-order valence-electron chi connectivity index (χ1n) is 9.51. The van der Waals surface area contributed by atoms with Crippen LogP contribution in [0.3, 0.4) is 0 Å². The van der Waals surface area contributed by atoms with Crippen LogP contribution >= 0.6 is 34.8 Å². The van der Waals surface area contributed by atoms with Crippen LogP contribution in [0.2, 0.25) is 15.1 Å². The van der Waals surface area contributed by atoms with Crippen LogP contribution in [0.4, 0.5) is 11.4 Å². The lowest BCUT2D eigenvalue weighted by Crippen LogP contribution is -2.50. The Balaban J connectivity index is 1.40. The normalized spacial score (nSPS) is 25.8. The summed E-state index contributed by atoms with van der Waals surface area (Å²) in [5, 5.41) is 5.51. The van der Waals surface area contributed by atoms with Crippen LogP contribution in [-0.4, -0.2) is 30.1 Å². The molecule has 6 heteroatoms. The number of nitrogens with zero attached hydrogens (tertiary/aromatic N) is 1. The van der Waals surface area contributed by atoms with Crippen molar-refractivity contribution in [2.75, 3.05) is 24.1 Å². The fourth-order valence-electron chi connectivity index (χ4n) is 4.51. The molecule has 2 saturated heterocycles. The molecular weight excluding hydrogens is 401 g/mol. The number of benzene rings is 2. The highest BCUT2D eigenvalue weighted by molar-refractivity contribution is 6.42. The number of nitrogen functional groups attached to an aromatic ring is 1. The van der Waals surface area contributed by atoms with Gasteiger partial charge in [0.2, 0.25) is 0 Å². The molecule has 2 fully saturated rings. The van der Waals surface area contributed by atoms with Gasteiger partial charge in [0.25, 0.3) is 0 Å². The number of hydrogen-bond donors (Lipinski definition) is 2. The molecule has 3 atom stereocenters. The fourth-order valence-corrected chi connectivity index (χ4v) is 5.13. The monoisotopic (exact) mass is 423 g/mol. The maximum absolute atomic E-state index is 6.42. The quantitative estimate of drug-likeness (QED) is 0.589. The summed E-state index contributed by atoms with van der Waals surface area (Å²) in [5.41, 5.74) is 8.93. The zero-order chi connectivity index (χ0) is 19.0. The maximum Gasteiger partial charge on any atom is 0.0614 e. The van der Waals surface area contributed by atoms with Gasteiger partial charge in [-0.2, -0.15) is 0 Å². The summed E-state index contributed by atoms with van der Waals surface area (Å²) in [4.78, 5) is 2.63. The second-order valence-electron chi connectivity index (χ2n) is 7.66. The molecule has 4 rings (SSSR count). The van der Waals surface area contributed by atoms with Gasteiger partial charge in [-0.25, -0.2) is 0 Å². The van der Waals surface area contributed by atoms with Crippen LogP contribution in [0.15, 0.2) is 36.4 Å². The topological polar surface area (TPSA) is 41.3 Å². The third-order valence-corrected chi connectivity index (χ3v) is 7.00. The van der Waals surface area contributed by atoms with Gasteiger partial charge >= 0.3 is 0 Å². The van der Waals surface area contributed by atoms with E-state index in [9.17, 15) is 0 Å². The van der Waals surface area contributed by atoms with Crippen LogP contribution < -0.4 is 11.1 Å². The first kappa shape index (κ1) is 19.2. The fraction of sp³-hybridized carbons (Fsp3) is 0.429. The van der Waals surface area contributed by atoms with Crippen molar-refractivity contribution in [3.63, 3.8) is 0 Å². The number of fused-ring (bicyclic) bond motifs is 1. The molecule has 2 heterocycles. The summed E-state index contributed by atoms with van der Waals surface area (Å²) in [6.07, 6.45) is 4.60. The number of piperidine rings is 2. The molecule has 0 amide bonds. The highest BCUT2D eigenvalue weighted by atomic mass is 35.5. The second kappa shape index (κ2) is 8.08. The summed E-state index contributed by atoms with van der Waals surface area (Å²) < 4.78 is 0. The first-order chi connectivity index (χ1) is 13.0. The maximum atomic E-state index is 6.42. The molecule has 0 spiro atoms. The van der Waals surface area contributed by atoms with Crippen LogP contribution in [0, 0.1) is 0 Å².